The lowest BCUT2D eigenvalue weighted by Gasteiger charge is -2.22. The van der Waals surface area contributed by atoms with Gasteiger partial charge in [0.05, 0.1) is 5.66 Å². The van der Waals surface area contributed by atoms with E-state index in [1.807, 2.05) is 25.2 Å². The zero-order chi connectivity index (χ0) is 6.91. The summed E-state index contributed by atoms with van der Waals surface area (Å²) in [7, 11) is 0. The molecule has 1 aliphatic rings. The maximum absolute atomic E-state index is 5.62. The summed E-state index contributed by atoms with van der Waals surface area (Å²) in [6.45, 7) is 2.03. The zero-order valence-electron chi connectivity index (χ0n) is 5.59. The van der Waals surface area contributed by atoms with Crippen molar-refractivity contribution in [3.63, 3.8) is 0 Å². The smallest absolute Gasteiger partial charge is 0.0869 e. The van der Waals surface area contributed by atoms with Crippen molar-refractivity contribution >= 4 is 0 Å². The van der Waals surface area contributed by atoms with E-state index in [1.54, 1.807) is 0 Å². The van der Waals surface area contributed by atoms with Gasteiger partial charge in [0.1, 0.15) is 0 Å². The molecule has 0 aromatic heterocycles. The molecule has 0 bridgehead atoms. The Morgan fingerprint density at radius 3 is 2.56 bits per heavy atom. The molecule has 0 atom stereocenters. The fourth-order valence-electron chi connectivity index (χ4n) is 0.992. The van der Waals surface area contributed by atoms with Crippen LogP contribution >= 0.6 is 0 Å². The van der Waals surface area contributed by atoms with E-state index in [1.165, 1.54) is 5.57 Å². The lowest BCUT2D eigenvalue weighted by atomic mass is 9.97. The van der Waals surface area contributed by atoms with Gasteiger partial charge in [0.15, 0.2) is 0 Å². The van der Waals surface area contributed by atoms with Gasteiger partial charge in [0.2, 0.25) is 0 Å². The van der Waals surface area contributed by atoms with Gasteiger partial charge >= 0.3 is 0 Å². The molecule has 0 aliphatic heterocycles. The second kappa shape index (κ2) is 1.97. The van der Waals surface area contributed by atoms with Crippen molar-refractivity contribution in [2.45, 2.75) is 19.0 Å². The Morgan fingerprint density at radius 2 is 2.22 bits per heavy atom. The highest BCUT2D eigenvalue weighted by Gasteiger charge is 2.16. The Morgan fingerprint density at radius 1 is 1.56 bits per heavy atom. The molecule has 0 heterocycles. The van der Waals surface area contributed by atoms with Crippen molar-refractivity contribution in [1.29, 1.82) is 0 Å². The summed E-state index contributed by atoms with van der Waals surface area (Å²) in [5.41, 5.74) is 11.9. The fraction of sp³-hybridized carbons (Fsp3) is 0.429. The standard InChI is InChI=1S/C7H12N2/c1-6-3-2-4-7(8,9)5-6/h2-4H,5,8-9H2,1H3. The van der Waals surface area contributed by atoms with E-state index >= 15 is 0 Å². The highest BCUT2D eigenvalue weighted by molar-refractivity contribution is 5.23. The summed E-state index contributed by atoms with van der Waals surface area (Å²) in [6.07, 6.45) is 6.51. The van der Waals surface area contributed by atoms with Gasteiger partial charge in [-0.25, -0.2) is 0 Å². The van der Waals surface area contributed by atoms with Crippen molar-refractivity contribution in [2.75, 3.05) is 0 Å². The summed E-state index contributed by atoms with van der Waals surface area (Å²) >= 11 is 0. The summed E-state index contributed by atoms with van der Waals surface area (Å²) in [5, 5.41) is 0. The molecule has 2 nitrogen and oxygen atoms in total. The first-order valence-electron chi connectivity index (χ1n) is 3.03. The van der Waals surface area contributed by atoms with Gasteiger partial charge in [-0.1, -0.05) is 23.8 Å². The van der Waals surface area contributed by atoms with E-state index in [-0.39, 0.29) is 0 Å². The van der Waals surface area contributed by atoms with E-state index in [2.05, 4.69) is 0 Å². The van der Waals surface area contributed by atoms with E-state index < -0.39 is 5.66 Å². The predicted molar refractivity (Wildman–Crippen MR) is 38.6 cm³/mol. The van der Waals surface area contributed by atoms with Crippen LogP contribution in [0.15, 0.2) is 23.8 Å². The number of nitrogens with two attached hydrogens (primary N) is 2. The Balaban J connectivity index is 2.73. The normalized spacial score (nSPS) is 23.7. The molecule has 0 fully saturated rings. The Bertz CT molecular complexity index is 166. The first-order chi connectivity index (χ1) is 4.10. The monoisotopic (exact) mass is 124 g/mol. The number of hydrogen-bond acceptors (Lipinski definition) is 2. The molecular weight excluding hydrogens is 112 g/mol. The van der Waals surface area contributed by atoms with Crippen molar-refractivity contribution < 1.29 is 0 Å². The van der Waals surface area contributed by atoms with Crippen LogP contribution in [0.25, 0.3) is 0 Å². The lowest BCUT2D eigenvalue weighted by Crippen LogP contribution is -2.48. The summed E-state index contributed by atoms with van der Waals surface area (Å²) < 4.78 is 0. The fourth-order valence-corrected chi connectivity index (χ4v) is 0.992. The number of rotatable bonds is 0. The van der Waals surface area contributed by atoms with Crippen LogP contribution in [-0.4, -0.2) is 5.66 Å². The lowest BCUT2D eigenvalue weighted by molar-refractivity contribution is 0.542. The Kier molecular flexibility index (Phi) is 1.43. The van der Waals surface area contributed by atoms with E-state index in [4.69, 9.17) is 11.5 Å². The average molecular weight is 124 g/mol. The third kappa shape index (κ3) is 1.66. The Labute approximate surface area is 55.2 Å². The molecule has 0 radical (unpaired) electrons. The van der Waals surface area contributed by atoms with Crippen molar-refractivity contribution in [2.24, 2.45) is 11.5 Å². The number of allylic oxidation sites excluding steroid dienone is 2. The molecule has 1 rings (SSSR count). The molecule has 0 aromatic rings. The van der Waals surface area contributed by atoms with Crippen molar-refractivity contribution in [1.82, 2.24) is 0 Å². The van der Waals surface area contributed by atoms with Crippen LogP contribution in [-0.2, 0) is 0 Å². The highest BCUT2D eigenvalue weighted by Crippen LogP contribution is 2.14. The van der Waals surface area contributed by atoms with Gasteiger partial charge in [-0.05, 0) is 6.92 Å². The van der Waals surface area contributed by atoms with Crippen LogP contribution in [0.4, 0.5) is 0 Å². The minimum Gasteiger partial charge on any atom is -0.310 e. The van der Waals surface area contributed by atoms with Crippen molar-refractivity contribution in [3.8, 4) is 0 Å². The van der Waals surface area contributed by atoms with Gasteiger partial charge in [-0.2, -0.15) is 0 Å². The molecule has 0 saturated heterocycles. The average Bonchev–Trinajstić information content (AvgIpc) is 1.60. The predicted octanol–water partition coefficient (Wildman–Crippen LogP) is 0.506. The molecule has 50 valence electrons. The first kappa shape index (κ1) is 6.52. The maximum Gasteiger partial charge on any atom is 0.0869 e. The van der Waals surface area contributed by atoms with Crippen LogP contribution in [0.3, 0.4) is 0 Å². The van der Waals surface area contributed by atoms with Gasteiger partial charge in [-0.15, -0.1) is 0 Å². The molecule has 9 heavy (non-hydrogen) atoms. The summed E-state index contributed by atoms with van der Waals surface area (Å²) in [4.78, 5) is 0. The molecule has 0 unspecified atom stereocenters. The van der Waals surface area contributed by atoms with E-state index in [0.717, 1.165) is 6.42 Å². The largest absolute Gasteiger partial charge is 0.310 e. The molecule has 1 aliphatic carbocycles. The second-order valence-corrected chi connectivity index (χ2v) is 2.66. The van der Waals surface area contributed by atoms with Crippen LogP contribution in [0, 0.1) is 0 Å². The summed E-state index contributed by atoms with van der Waals surface area (Å²) in [5.74, 6) is 0. The molecule has 2 heteroatoms. The zero-order valence-corrected chi connectivity index (χ0v) is 5.59. The van der Waals surface area contributed by atoms with Crippen LogP contribution in [0.5, 0.6) is 0 Å². The molecular formula is C7H12N2. The third-order valence-electron chi connectivity index (χ3n) is 1.37. The van der Waals surface area contributed by atoms with E-state index in [0.29, 0.717) is 0 Å². The topological polar surface area (TPSA) is 52.0 Å². The number of hydrogen-bond donors (Lipinski definition) is 2. The first-order valence-corrected chi connectivity index (χ1v) is 3.03. The second-order valence-electron chi connectivity index (χ2n) is 2.66. The highest BCUT2D eigenvalue weighted by atomic mass is 14.9. The molecule has 0 saturated carbocycles. The molecule has 0 spiro atoms. The third-order valence-corrected chi connectivity index (χ3v) is 1.37. The van der Waals surface area contributed by atoms with Gasteiger partial charge < -0.3 is 11.5 Å². The van der Waals surface area contributed by atoms with E-state index in [9.17, 15) is 0 Å². The van der Waals surface area contributed by atoms with Crippen molar-refractivity contribution in [3.05, 3.63) is 23.8 Å². The minimum atomic E-state index is -0.598. The quantitative estimate of drug-likeness (QED) is 0.462. The van der Waals surface area contributed by atoms with Crippen LogP contribution in [0.1, 0.15) is 13.3 Å². The minimum absolute atomic E-state index is 0.598. The SMILES string of the molecule is CC1=CC=CC(N)(N)C1. The van der Waals surface area contributed by atoms with Crippen LogP contribution < -0.4 is 11.5 Å². The van der Waals surface area contributed by atoms with Gasteiger partial charge in [0.25, 0.3) is 0 Å². The van der Waals surface area contributed by atoms with Gasteiger partial charge in [0, 0.05) is 6.42 Å². The molecule has 0 amide bonds. The molecule has 4 N–H and O–H groups in total. The van der Waals surface area contributed by atoms with Gasteiger partial charge in [-0.3, -0.25) is 0 Å². The maximum atomic E-state index is 5.62. The van der Waals surface area contributed by atoms with Crippen LogP contribution in [0.2, 0.25) is 0 Å². The molecule has 0 aromatic carbocycles. The summed E-state index contributed by atoms with van der Waals surface area (Å²) in [6, 6.07) is 0. The Hall–Kier alpha value is -0.600.